The van der Waals surface area contributed by atoms with Gasteiger partial charge in [-0.1, -0.05) is 6.07 Å². The number of nitrogens with zero attached hydrogens (tertiary/aromatic N) is 2. The number of rotatable bonds is 4. The Hall–Kier alpha value is -2.95. The van der Waals surface area contributed by atoms with Crippen molar-refractivity contribution in [3.63, 3.8) is 0 Å². The van der Waals surface area contributed by atoms with Crippen LogP contribution < -0.4 is 10.9 Å². The number of fused-ring (bicyclic) bond motifs is 1. The molecule has 2 aromatic carbocycles. The second kappa shape index (κ2) is 7.35. The van der Waals surface area contributed by atoms with E-state index in [1.807, 2.05) is 52.0 Å². The fourth-order valence-corrected chi connectivity index (χ4v) is 3.33. The largest absolute Gasteiger partial charge is 0.326 e. The summed E-state index contributed by atoms with van der Waals surface area (Å²) in [5.74, 6) is -0.113. The summed E-state index contributed by atoms with van der Waals surface area (Å²) in [6, 6.07) is 9.90. The number of anilines is 1. The van der Waals surface area contributed by atoms with Crippen LogP contribution in [0.5, 0.6) is 0 Å². The summed E-state index contributed by atoms with van der Waals surface area (Å²) < 4.78 is 1.66. The highest BCUT2D eigenvalue weighted by Gasteiger charge is 2.12. The van der Waals surface area contributed by atoms with E-state index in [2.05, 4.69) is 16.4 Å². The highest BCUT2D eigenvalue weighted by Crippen LogP contribution is 2.18. The summed E-state index contributed by atoms with van der Waals surface area (Å²) in [7, 11) is 0. The van der Waals surface area contributed by atoms with Gasteiger partial charge in [-0.25, -0.2) is 4.98 Å². The zero-order valence-electron chi connectivity index (χ0n) is 16.5. The minimum atomic E-state index is -0.148. The van der Waals surface area contributed by atoms with E-state index >= 15 is 0 Å². The van der Waals surface area contributed by atoms with Gasteiger partial charge in [0.15, 0.2) is 0 Å². The number of hydrogen-bond donors (Lipinski definition) is 1. The number of carbonyl (C=O) groups excluding carboxylic acids is 1. The maximum atomic E-state index is 12.6. The number of amides is 1. The predicted molar refractivity (Wildman–Crippen MR) is 109 cm³/mol. The predicted octanol–water partition coefficient (Wildman–Crippen LogP) is 3.97. The molecule has 0 fully saturated rings. The van der Waals surface area contributed by atoms with Crippen LogP contribution in [0.3, 0.4) is 0 Å². The summed E-state index contributed by atoms with van der Waals surface area (Å²) in [5.41, 5.74) is 7.06. The van der Waals surface area contributed by atoms with Crippen LogP contribution >= 0.6 is 0 Å². The maximum Gasteiger partial charge on any atom is 0.272 e. The van der Waals surface area contributed by atoms with Crippen LogP contribution in [0.4, 0.5) is 5.69 Å². The summed E-state index contributed by atoms with van der Waals surface area (Å²) in [6.45, 7) is 10.1. The molecule has 0 aliphatic rings. The molecule has 0 bridgehead atoms. The monoisotopic (exact) mass is 363 g/mol. The lowest BCUT2D eigenvalue weighted by atomic mass is 10.1. The van der Waals surface area contributed by atoms with Gasteiger partial charge in [0.25, 0.3) is 5.56 Å². The van der Waals surface area contributed by atoms with E-state index in [0.29, 0.717) is 12.2 Å². The van der Waals surface area contributed by atoms with Crippen LogP contribution in [-0.4, -0.2) is 15.5 Å². The second-order valence-electron chi connectivity index (χ2n) is 7.25. The standard InChI is InChI=1S/C22H25N3O2/c1-13-8-14(2)10-18(9-13)24-21(26)6-7-25-20-12-16(4)15(3)11-19(20)23-17(5)22(25)27/h8-12H,6-7H2,1-5H3,(H,24,26). The third kappa shape index (κ3) is 4.08. The van der Waals surface area contributed by atoms with Crippen LogP contribution in [0.25, 0.3) is 11.0 Å². The fourth-order valence-electron chi connectivity index (χ4n) is 3.33. The van der Waals surface area contributed by atoms with Crippen molar-refractivity contribution >= 4 is 22.6 Å². The van der Waals surface area contributed by atoms with Crippen LogP contribution in [-0.2, 0) is 11.3 Å². The number of carbonyl (C=O) groups is 1. The van der Waals surface area contributed by atoms with E-state index in [4.69, 9.17) is 0 Å². The quantitative estimate of drug-likeness (QED) is 0.763. The number of benzene rings is 2. The molecule has 3 rings (SSSR count). The summed E-state index contributed by atoms with van der Waals surface area (Å²) in [4.78, 5) is 29.4. The smallest absolute Gasteiger partial charge is 0.272 e. The Bertz CT molecular complexity index is 1080. The molecule has 27 heavy (non-hydrogen) atoms. The maximum absolute atomic E-state index is 12.6. The van der Waals surface area contributed by atoms with Gasteiger partial charge in [-0.05, 0) is 81.1 Å². The fraction of sp³-hybridized carbons (Fsp3) is 0.318. The first kappa shape index (κ1) is 18.8. The summed E-state index contributed by atoms with van der Waals surface area (Å²) >= 11 is 0. The first-order chi connectivity index (χ1) is 12.7. The summed E-state index contributed by atoms with van der Waals surface area (Å²) in [6.07, 6.45) is 0.221. The molecule has 0 radical (unpaired) electrons. The zero-order chi connectivity index (χ0) is 19.7. The molecule has 1 heterocycles. The van der Waals surface area contributed by atoms with E-state index in [1.54, 1.807) is 11.5 Å². The van der Waals surface area contributed by atoms with Gasteiger partial charge in [0.05, 0.1) is 11.0 Å². The lowest BCUT2D eigenvalue weighted by Crippen LogP contribution is -2.26. The number of hydrogen-bond acceptors (Lipinski definition) is 3. The van der Waals surface area contributed by atoms with Crippen molar-refractivity contribution in [2.75, 3.05) is 5.32 Å². The van der Waals surface area contributed by atoms with Crippen molar-refractivity contribution < 1.29 is 4.79 Å². The minimum absolute atomic E-state index is 0.113. The molecule has 0 atom stereocenters. The number of nitrogens with one attached hydrogen (secondary N) is 1. The number of aryl methyl sites for hydroxylation is 6. The Labute approximate surface area is 159 Å². The van der Waals surface area contributed by atoms with Crippen molar-refractivity contribution in [3.05, 3.63) is 68.6 Å². The van der Waals surface area contributed by atoms with Gasteiger partial charge < -0.3 is 9.88 Å². The molecule has 0 saturated heterocycles. The van der Waals surface area contributed by atoms with E-state index < -0.39 is 0 Å². The van der Waals surface area contributed by atoms with Crippen molar-refractivity contribution in [2.45, 2.75) is 47.6 Å². The normalized spacial score (nSPS) is 11.0. The van der Waals surface area contributed by atoms with Gasteiger partial charge in [-0.2, -0.15) is 0 Å². The molecule has 3 aromatic rings. The van der Waals surface area contributed by atoms with Gasteiger partial charge in [-0.3, -0.25) is 9.59 Å². The minimum Gasteiger partial charge on any atom is -0.326 e. The van der Waals surface area contributed by atoms with Crippen LogP contribution in [0.1, 0.15) is 34.4 Å². The van der Waals surface area contributed by atoms with Crippen molar-refractivity contribution in [1.82, 2.24) is 9.55 Å². The molecule has 1 aromatic heterocycles. The summed E-state index contributed by atoms with van der Waals surface area (Å²) in [5, 5.41) is 2.93. The lowest BCUT2D eigenvalue weighted by molar-refractivity contribution is -0.116. The second-order valence-corrected chi connectivity index (χ2v) is 7.25. The molecule has 0 spiro atoms. The van der Waals surface area contributed by atoms with Crippen molar-refractivity contribution in [3.8, 4) is 0 Å². The third-order valence-corrected chi connectivity index (χ3v) is 4.79. The number of aromatic nitrogens is 2. The molecule has 0 aliphatic carbocycles. The third-order valence-electron chi connectivity index (χ3n) is 4.79. The Balaban J connectivity index is 1.86. The van der Waals surface area contributed by atoms with Crippen LogP contribution in [0, 0.1) is 34.6 Å². The topological polar surface area (TPSA) is 64.0 Å². The van der Waals surface area contributed by atoms with E-state index in [-0.39, 0.29) is 17.9 Å². The highest BCUT2D eigenvalue weighted by molar-refractivity contribution is 5.91. The van der Waals surface area contributed by atoms with Gasteiger partial charge in [0.2, 0.25) is 5.91 Å². The van der Waals surface area contributed by atoms with Gasteiger partial charge >= 0.3 is 0 Å². The van der Waals surface area contributed by atoms with Gasteiger partial charge in [0, 0.05) is 18.7 Å². The first-order valence-corrected chi connectivity index (χ1v) is 9.11. The van der Waals surface area contributed by atoms with Crippen molar-refractivity contribution in [1.29, 1.82) is 0 Å². The molecule has 1 N–H and O–H groups in total. The molecule has 1 amide bonds. The Morgan fingerprint density at radius 2 is 1.59 bits per heavy atom. The average molecular weight is 363 g/mol. The molecule has 0 aliphatic heterocycles. The van der Waals surface area contributed by atoms with E-state index in [9.17, 15) is 9.59 Å². The SMILES string of the molecule is Cc1cc(C)cc(NC(=O)CCn2c(=O)c(C)nc3cc(C)c(C)cc32)c1. The highest BCUT2D eigenvalue weighted by atomic mass is 16.2. The first-order valence-electron chi connectivity index (χ1n) is 9.11. The average Bonchev–Trinajstić information content (AvgIpc) is 2.56. The molecular formula is C22H25N3O2. The molecular weight excluding hydrogens is 338 g/mol. The Morgan fingerprint density at radius 3 is 2.26 bits per heavy atom. The Morgan fingerprint density at radius 1 is 0.963 bits per heavy atom. The van der Waals surface area contributed by atoms with E-state index in [1.165, 1.54) is 0 Å². The van der Waals surface area contributed by atoms with E-state index in [0.717, 1.165) is 39.0 Å². The molecule has 5 heteroatoms. The Kier molecular flexibility index (Phi) is 5.13. The van der Waals surface area contributed by atoms with Crippen LogP contribution in [0.15, 0.2) is 35.1 Å². The van der Waals surface area contributed by atoms with Gasteiger partial charge in [-0.15, -0.1) is 0 Å². The molecule has 140 valence electrons. The lowest BCUT2D eigenvalue weighted by Gasteiger charge is -2.13. The van der Waals surface area contributed by atoms with Crippen molar-refractivity contribution in [2.24, 2.45) is 0 Å². The van der Waals surface area contributed by atoms with Gasteiger partial charge in [0.1, 0.15) is 5.69 Å². The molecule has 5 nitrogen and oxygen atoms in total. The molecule has 0 unspecified atom stereocenters. The zero-order valence-corrected chi connectivity index (χ0v) is 16.5. The molecule has 0 saturated carbocycles. The van der Waals surface area contributed by atoms with Crippen LogP contribution in [0.2, 0.25) is 0 Å².